The van der Waals surface area contributed by atoms with E-state index in [1.165, 1.54) is 32.1 Å². The molecule has 0 radical (unpaired) electrons. The van der Waals surface area contributed by atoms with Crippen LogP contribution in [-0.2, 0) is 4.79 Å². The Kier molecular flexibility index (Phi) is 2.86. The van der Waals surface area contributed by atoms with Gasteiger partial charge < -0.3 is 4.79 Å². The highest BCUT2D eigenvalue weighted by molar-refractivity contribution is 5.49. The zero-order chi connectivity index (χ0) is 8.10. The summed E-state index contributed by atoms with van der Waals surface area (Å²) in [4.78, 5) is 10.2. The summed E-state index contributed by atoms with van der Waals surface area (Å²) in [6.45, 7) is 0. The smallest absolute Gasteiger partial charge is 0.120 e. The zero-order valence-electron chi connectivity index (χ0n) is 7.38. The van der Waals surface area contributed by atoms with Crippen molar-refractivity contribution in [1.82, 2.24) is 0 Å². The maximum Gasteiger partial charge on any atom is 0.120 e. The predicted octanol–water partition coefficient (Wildman–Crippen LogP) is 2.55. The fourth-order valence-corrected chi connectivity index (χ4v) is 1.67. The van der Waals surface area contributed by atoms with E-state index in [1.54, 1.807) is 0 Å². The van der Waals surface area contributed by atoms with Gasteiger partial charge in [0.1, 0.15) is 6.29 Å². The van der Waals surface area contributed by atoms with Gasteiger partial charge in [0.25, 0.3) is 0 Å². The van der Waals surface area contributed by atoms with Crippen molar-refractivity contribution in [1.29, 1.82) is 0 Å². The number of hydrogen-bond donors (Lipinski definition) is 0. The van der Waals surface area contributed by atoms with E-state index in [1.807, 2.05) is 0 Å². The number of hydrogen-bond acceptors (Lipinski definition) is 1. The minimum Gasteiger partial charge on any atom is -0.303 e. The number of carbonyl (C=O) groups is 1. The first-order valence-electron chi connectivity index (χ1n) is 4.78. The summed E-state index contributed by atoms with van der Waals surface area (Å²) in [5, 5.41) is 0. The van der Waals surface area contributed by atoms with E-state index in [4.69, 9.17) is 1.37 Å². The quantitative estimate of drug-likeness (QED) is 0.552. The second-order valence-electron chi connectivity index (χ2n) is 3.11. The third-order valence-electron chi connectivity index (χ3n) is 2.29. The third-order valence-corrected chi connectivity index (χ3v) is 2.29. The Morgan fingerprint density at radius 2 is 2.10 bits per heavy atom. The molecule has 0 aliphatic heterocycles. The molecular weight excluding hydrogens is 124 g/mol. The first-order valence-corrected chi connectivity index (χ1v) is 4.20. The molecule has 1 saturated carbocycles. The van der Waals surface area contributed by atoms with Gasteiger partial charge in [-0.15, -0.1) is 0 Å². The van der Waals surface area contributed by atoms with Gasteiger partial charge in [-0.3, -0.25) is 0 Å². The van der Waals surface area contributed by atoms with E-state index in [-0.39, 0.29) is 0 Å². The van der Waals surface area contributed by atoms with Crippen molar-refractivity contribution < 1.29 is 6.17 Å². The Morgan fingerprint density at radius 1 is 1.40 bits per heavy atom. The summed E-state index contributed by atoms with van der Waals surface area (Å²) in [6, 6.07) is 0. The van der Waals surface area contributed by atoms with Crippen LogP contribution < -0.4 is 0 Å². The Bertz CT molecular complexity index is 119. The van der Waals surface area contributed by atoms with E-state index in [0.29, 0.717) is 5.92 Å². The fourth-order valence-electron chi connectivity index (χ4n) is 1.67. The van der Waals surface area contributed by atoms with Crippen molar-refractivity contribution in [2.75, 3.05) is 0 Å². The van der Waals surface area contributed by atoms with E-state index >= 15 is 0 Å². The number of rotatable bonds is 3. The van der Waals surface area contributed by atoms with Crippen molar-refractivity contribution in [3.8, 4) is 0 Å². The predicted molar refractivity (Wildman–Crippen MR) is 41.9 cm³/mol. The van der Waals surface area contributed by atoms with Gasteiger partial charge in [-0.05, 0) is 12.3 Å². The van der Waals surface area contributed by atoms with Gasteiger partial charge in [-0.2, -0.15) is 0 Å². The lowest BCUT2D eigenvalue weighted by molar-refractivity contribution is -0.108. The lowest BCUT2D eigenvalue weighted by Crippen LogP contribution is -2.05. The van der Waals surface area contributed by atoms with Crippen molar-refractivity contribution in [3.05, 3.63) is 0 Å². The third kappa shape index (κ3) is 2.51. The zero-order valence-corrected chi connectivity index (χ0v) is 6.38. The van der Waals surface area contributed by atoms with Gasteiger partial charge in [-0.25, -0.2) is 0 Å². The molecule has 1 fully saturated rings. The van der Waals surface area contributed by atoms with Gasteiger partial charge in [0, 0.05) is 7.77 Å². The van der Waals surface area contributed by atoms with Crippen molar-refractivity contribution in [2.24, 2.45) is 5.92 Å². The Morgan fingerprint density at radius 3 is 2.70 bits per heavy atom. The van der Waals surface area contributed by atoms with Gasteiger partial charge in [0.05, 0.1) is 0 Å². The normalized spacial score (nSPS) is 25.4. The van der Waals surface area contributed by atoms with Gasteiger partial charge >= 0.3 is 0 Å². The Hall–Kier alpha value is -0.330. The number of carbonyl (C=O) groups excluding carboxylic acids is 1. The first kappa shape index (κ1) is 6.38. The van der Waals surface area contributed by atoms with Gasteiger partial charge in [0.15, 0.2) is 0 Å². The molecule has 0 saturated heterocycles. The Balaban J connectivity index is 2.18. The molecule has 1 atom stereocenters. The highest BCUT2D eigenvalue weighted by Crippen LogP contribution is 2.26. The molecule has 1 aliphatic rings. The average Bonchev–Trinajstić information content (AvgIpc) is 2.06. The minimum absolute atomic E-state index is 0.460. The largest absolute Gasteiger partial charge is 0.303 e. The number of aldehydes is 1. The second kappa shape index (κ2) is 4.48. The molecule has 10 heavy (non-hydrogen) atoms. The van der Waals surface area contributed by atoms with Crippen LogP contribution in [0.1, 0.15) is 46.3 Å². The molecule has 0 aromatic heterocycles. The van der Waals surface area contributed by atoms with E-state index in [2.05, 4.69) is 0 Å². The Labute approximate surface area is 64.2 Å². The maximum atomic E-state index is 10.2. The summed E-state index contributed by atoms with van der Waals surface area (Å²) >= 11 is 0. The van der Waals surface area contributed by atoms with Crippen LogP contribution in [0.15, 0.2) is 0 Å². The van der Waals surface area contributed by atoms with Crippen LogP contribution in [0.5, 0.6) is 0 Å². The summed E-state index contributed by atoms with van der Waals surface area (Å²) < 4.78 is 7.29. The van der Waals surface area contributed by atoms with Crippen LogP contribution in [0.3, 0.4) is 0 Å². The molecule has 0 aromatic rings. The molecular formula is C9H16O. The second-order valence-corrected chi connectivity index (χ2v) is 3.11. The highest BCUT2D eigenvalue weighted by Gasteiger charge is 2.11. The molecule has 1 aliphatic carbocycles. The molecule has 1 unspecified atom stereocenters. The molecule has 0 N–H and O–H groups in total. The fraction of sp³-hybridized carbons (Fsp3) is 0.889. The first-order chi connectivity index (χ1) is 5.33. The minimum atomic E-state index is -0.460. The van der Waals surface area contributed by atoms with Crippen LogP contribution in [0.2, 0.25) is 0 Å². The van der Waals surface area contributed by atoms with Crippen LogP contribution in [0.4, 0.5) is 0 Å². The molecule has 1 heteroatoms. The molecule has 0 heterocycles. The van der Waals surface area contributed by atoms with Crippen molar-refractivity contribution >= 4 is 6.29 Å². The molecule has 0 spiro atoms. The SMILES string of the molecule is [2H]C(C=O)CC1CCCCC1. The molecule has 58 valence electrons. The molecule has 1 nitrogen and oxygen atoms in total. The summed E-state index contributed by atoms with van der Waals surface area (Å²) in [5.74, 6) is 0.663. The summed E-state index contributed by atoms with van der Waals surface area (Å²) in [6.07, 6.45) is 7.52. The summed E-state index contributed by atoms with van der Waals surface area (Å²) in [7, 11) is 0. The van der Waals surface area contributed by atoms with Crippen molar-refractivity contribution in [3.63, 3.8) is 0 Å². The van der Waals surface area contributed by atoms with E-state index in [0.717, 1.165) is 12.7 Å². The van der Waals surface area contributed by atoms with E-state index < -0.39 is 6.40 Å². The maximum absolute atomic E-state index is 10.2. The van der Waals surface area contributed by atoms with E-state index in [9.17, 15) is 4.79 Å². The lowest BCUT2D eigenvalue weighted by Gasteiger charge is -2.19. The topological polar surface area (TPSA) is 17.1 Å². The van der Waals surface area contributed by atoms with Crippen LogP contribution in [-0.4, -0.2) is 6.29 Å². The standard InChI is InChI=1S/C9H16O/c10-8-4-7-9-5-2-1-3-6-9/h8-9H,1-7H2/i4D. The highest BCUT2D eigenvalue weighted by atomic mass is 16.1. The molecule has 0 bridgehead atoms. The van der Waals surface area contributed by atoms with Gasteiger partial charge in [-0.1, -0.05) is 32.1 Å². The molecule has 1 rings (SSSR count). The lowest BCUT2D eigenvalue weighted by atomic mass is 9.86. The van der Waals surface area contributed by atoms with Gasteiger partial charge in [0.2, 0.25) is 0 Å². The van der Waals surface area contributed by atoms with Crippen LogP contribution in [0, 0.1) is 5.92 Å². The molecule has 0 aromatic carbocycles. The average molecular weight is 141 g/mol. The summed E-state index contributed by atoms with van der Waals surface area (Å²) in [5.41, 5.74) is 0. The monoisotopic (exact) mass is 141 g/mol. The van der Waals surface area contributed by atoms with Crippen LogP contribution in [0.25, 0.3) is 0 Å². The van der Waals surface area contributed by atoms with Crippen LogP contribution >= 0.6 is 0 Å². The molecule has 0 amide bonds. The van der Waals surface area contributed by atoms with Crippen molar-refractivity contribution in [2.45, 2.75) is 44.9 Å².